The molecule has 1 aromatic rings. The Morgan fingerprint density at radius 3 is 2.88 bits per heavy atom. The summed E-state index contributed by atoms with van der Waals surface area (Å²) < 4.78 is 11.8. The van der Waals surface area contributed by atoms with Gasteiger partial charge in [-0.15, -0.1) is 0 Å². The molecule has 4 rings (SSSR count). The zero-order valence-corrected chi connectivity index (χ0v) is 14.9. The molecule has 1 aliphatic carbocycles. The van der Waals surface area contributed by atoms with Crippen molar-refractivity contribution in [2.45, 2.75) is 51.2 Å². The van der Waals surface area contributed by atoms with Crippen LogP contribution in [0.1, 0.15) is 51.0 Å². The highest BCUT2D eigenvalue weighted by atomic mass is 16.5. The summed E-state index contributed by atoms with van der Waals surface area (Å²) in [6.07, 6.45) is 3.95. The van der Waals surface area contributed by atoms with Crippen molar-refractivity contribution in [3.05, 3.63) is 29.8 Å². The fraction of sp³-hybridized carbons (Fsp3) is 0.600. The van der Waals surface area contributed by atoms with Crippen molar-refractivity contribution >= 4 is 11.9 Å². The zero-order valence-electron chi connectivity index (χ0n) is 14.9. The molecular formula is C20H25NO4. The Labute approximate surface area is 148 Å². The molecule has 0 N–H and O–H groups in total. The molecule has 0 radical (unpaired) electrons. The van der Waals surface area contributed by atoms with Gasteiger partial charge in [-0.3, -0.25) is 9.59 Å². The van der Waals surface area contributed by atoms with Crippen molar-refractivity contribution in [1.82, 2.24) is 4.90 Å². The number of hydrogen-bond acceptors (Lipinski definition) is 4. The minimum atomic E-state index is -0.763. The first-order valence-electron chi connectivity index (χ1n) is 9.40. The number of hydrogen-bond donors (Lipinski definition) is 0. The molecular weight excluding hydrogens is 318 g/mol. The smallest absolute Gasteiger partial charge is 0.319 e. The van der Waals surface area contributed by atoms with Crippen LogP contribution in [0.5, 0.6) is 5.75 Å². The number of ether oxygens (including phenoxy) is 2. The van der Waals surface area contributed by atoms with E-state index in [4.69, 9.17) is 9.47 Å². The van der Waals surface area contributed by atoms with Crippen LogP contribution in [0.2, 0.25) is 0 Å². The van der Waals surface area contributed by atoms with Gasteiger partial charge in [0.25, 0.3) is 0 Å². The van der Waals surface area contributed by atoms with E-state index in [1.54, 1.807) is 6.92 Å². The van der Waals surface area contributed by atoms with Crippen LogP contribution in [-0.2, 0) is 14.3 Å². The molecule has 5 nitrogen and oxygen atoms in total. The second-order valence-corrected chi connectivity index (χ2v) is 7.17. The van der Waals surface area contributed by atoms with E-state index in [1.165, 1.54) is 0 Å². The second kappa shape index (κ2) is 6.04. The van der Waals surface area contributed by atoms with Crippen molar-refractivity contribution in [2.75, 3.05) is 13.2 Å². The number of carbonyl (C=O) groups is 2. The molecule has 1 saturated heterocycles. The number of rotatable bonds is 3. The number of nitrogens with zero attached hydrogens (tertiary/aromatic N) is 1. The van der Waals surface area contributed by atoms with Crippen LogP contribution in [0.25, 0.3) is 0 Å². The largest absolute Gasteiger partial charge is 0.467 e. The molecule has 5 heteroatoms. The zero-order chi connectivity index (χ0) is 17.6. The molecule has 0 spiro atoms. The monoisotopic (exact) mass is 343 g/mol. The van der Waals surface area contributed by atoms with Gasteiger partial charge in [0.15, 0.2) is 5.72 Å². The van der Waals surface area contributed by atoms with Gasteiger partial charge in [0.2, 0.25) is 5.91 Å². The van der Waals surface area contributed by atoms with Crippen molar-refractivity contribution in [1.29, 1.82) is 0 Å². The van der Waals surface area contributed by atoms with Gasteiger partial charge < -0.3 is 14.4 Å². The third-order valence-corrected chi connectivity index (χ3v) is 6.08. The van der Waals surface area contributed by atoms with Gasteiger partial charge >= 0.3 is 5.97 Å². The molecule has 2 heterocycles. The predicted molar refractivity (Wildman–Crippen MR) is 92.0 cm³/mol. The Hall–Kier alpha value is -2.04. The first-order valence-corrected chi connectivity index (χ1v) is 9.40. The minimum Gasteiger partial charge on any atom is -0.467 e. The lowest BCUT2D eigenvalue weighted by molar-refractivity contribution is -0.210. The summed E-state index contributed by atoms with van der Waals surface area (Å²) in [5.74, 6) is -0.500. The van der Waals surface area contributed by atoms with Crippen LogP contribution in [-0.4, -0.2) is 35.7 Å². The number of amides is 1. The first-order chi connectivity index (χ1) is 12.1. The van der Waals surface area contributed by atoms with Crippen molar-refractivity contribution in [2.24, 2.45) is 11.8 Å². The summed E-state index contributed by atoms with van der Waals surface area (Å²) in [6, 6.07) is 7.86. The van der Waals surface area contributed by atoms with Crippen LogP contribution in [0.4, 0.5) is 0 Å². The fourth-order valence-corrected chi connectivity index (χ4v) is 5.21. The van der Waals surface area contributed by atoms with E-state index in [0.29, 0.717) is 6.54 Å². The van der Waals surface area contributed by atoms with Crippen LogP contribution >= 0.6 is 0 Å². The highest BCUT2D eigenvalue weighted by molar-refractivity contribution is 6.00. The standard InChI is InChI=1S/C20H25NO4/c1-3-21-18(22)17(19(23)24-4-2)16-13-9-5-6-11-15(13)25-20(21)12-8-7-10-14(16)20/h5-6,9,11,14,16-17H,3-4,7-8,10,12H2,1-2H3/t14-,16-,17-,20+/m1/s1. The number of benzene rings is 1. The van der Waals surface area contributed by atoms with E-state index in [2.05, 4.69) is 0 Å². The molecule has 0 aromatic heterocycles. The van der Waals surface area contributed by atoms with E-state index < -0.39 is 17.6 Å². The molecule has 134 valence electrons. The highest BCUT2D eigenvalue weighted by Crippen LogP contribution is 2.58. The quantitative estimate of drug-likeness (QED) is 0.625. The molecule has 2 aliphatic heterocycles. The Morgan fingerprint density at radius 1 is 1.32 bits per heavy atom. The summed E-state index contributed by atoms with van der Waals surface area (Å²) in [5, 5.41) is 0. The van der Waals surface area contributed by atoms with Crippen LogP contribution in [0.3, 0.4) is 0 Å². The van der Waals surface area contributed by atoms with Crippen LogP contribution < -0.4 is 4.74 Å². The lowest BCUT2D eigenvalue weighted by Gasteiger charge is -2.60. The third-order valence-electron chi connectivity index (χ3n) is 6.08. The predicted octanol–water partition coefficient (Wildman–Crippen LogP) is 3.09. The number of carbonyl (C=O) groups excluding carboxylic acids is 2. The van der Waals surface area contributed by atoms with E-state index >= 15 is 0 Å². The average Bonchev–Trinajstić information content (AvgIpc) is 2.61. The van der Waals surface area contributed by atoms with Crippen molar-refractivity contribution < 1.29 is 19.1 Å². The summed E-state index contributed by atoms with van der Waals surface area (Å²) >= 11 is 0. The minimum absolute atomic E-state index is 0.140. The van der Waals surface area contributed by atoms with Crippen LogP contribution in [0, 0.1) is 11.8 Å². The van der Waals surface area contributed by atoms with E-state index in [0.717, 1.165) is 37.0 Å². The molecule has 0 unspecified atom stereocenters. The van der Waals surface area contributed by atoms with Gasteiger partial charge in [-0.05, 0) is 38.3 Å². The molecule has 4 atom stereocenters. The molecule has 1 amide bonds. The maximum absolute atomic E-state index is 13.3. The summed E-state index contributed by atoms with van der Waals surface area (Å²) in [6.45, 7) is 4.58. The molecule has 1 aromatic carbocycles. The molecule has 1 saturated carbocycles. The lowest BCUT2D eigenvalue weighted by atomic mass is 9.61. The molecule has 2 bridgehead atoms. The van der Waals surface area contributed by atoms with Gasteiger partial charge in [-0.2, -0.15) is 0 Å². The molecule has 3 aliphatic rings. The van der Waals surface area contributed by atoms with E-state index in [9.17, 15) is 9.59 Å². The Kier molecular flexibility index (Phi) is 3.97. The van der Waals surface area contributed by atoms with E-state index in [1.807, 2.05) is 36.1 Å². The SMILES string of the molecule is CCOC(=O)[C@H]1C(=O)N(CC)[C@]23CCCC[C@@H]2[C@H]1c1ccccc1O3. The Bertz CT molecular complexity index is 703. The third kappa shape index (κ3) is 2.21. The Balaban J connectivity index is 1.90. The van der Waals surface area contributed by atoms with Crippen molar-refractivity contribution in [3.8, 4) is 5.75 Å². The normalized spacial score (nSPS) is 33.1. The number of fused-ring (bicyclic) bond motifs is 2. The summed E-state index contributed by atoms with van der Waals surface area (Å²) in [5.41, 5.74) is 0.374. The molecule has 2 fully saturated rings. The average molecular weight is 343 g/mol. The van der Waals surface area contributed by atoms with Gasteiger partial charge in [-0.1, -0.05) is 24.6 Å². The first kappa shape index (κ1) is 16.4. The van der Waals surface area contributed by atoms with Gasteiger partial charge in [0, 0.05) is 24.8 Å². The Morgan fingerprint density at radius 2 is 2.12 bits per heavy atom. The van der Waals surface area contributed by atoms with Crippen molar-refractivity contribution in [3.63, 3.8) is 0 Å². The second-order valence-electron chi connectivity index (χ2n) is 7.17. The fourth-order valence-electron chi connectivity index (χ4n) is 5.21. The maximum Gasteiger partial charge on any atom is 0.319 e. The number of esters is 1. The van der Waals surface area contributed by atoms with E-state index in [-0.39, 0.29) is 24.3 Å². The van der Waals surface area contributed by atoms with Gasteiger partial charge in [0.1, 0.15) is 11.7 Å². The number of para-hydroxylation sites is 1. The highest BCUT2D eigenvalue weighted by Gasteiger charge is 2.64. The molecule has 25 heavy (non-hydrogen) atoms. The summed E-state index contributed by atoms with van der Waals surface area (Å²) in [7, 11) is 0. The van der Waals surface area contributed by atoms with Crippen LogP contribution in [0.15, 0.2) is 24.3 Å². The van der Waals surface area contributed by atoms with Gasteiger partial charge in [0.05, 0.1) is 6.61 Å². The number of likely N-dealkylation sites (tertiary alicyclic amines) is 1. The summed E-state index contributed by atoms with van der Waals surface area (Å²) in [4.78, 5) is 27.8. The van der Waals surface area contributed by atoms with Gasteiger partial charge in [-0.25, -0.2) is 0 Å². The maximum atomic E-state index is 13.3. The topological polar surface area (TPSA) is 55.8 Å². The number of piperidine rings is 1. The lowest BCUT2D eigenvalue weighted by Crippen LogP contribution is -2.70.